The minimum atomic E-state index is -0.291. The van der Waals surface area contributed by atoms with Gasteiger partial charge in [0.2, 0.25) is 0 Å². The summed E-state index contributed by atoms with van der Waals surface area (Å²) in [5, 5.41) is 0. The summed E-state index contributed by atoms with van der Waals surface area (Å²) in [4.78, 5) is 14.8. The van der Waals surface area contributed by atoms with Crippen molar-refractivity contribution < 1.29 is 26.8 Å². The summed E-state index contributed by atoms with van der Waals surface area (Å²) >= 11 is 0. The quantitative estimate of drug-likeness (QED) is 0.598. The van der Waals surface area contributed by atoms with Crippen molar-refractivity contribution in [1.82, 2.24) is 0 Å². The molecule has 0 radical (unpaired) electrons. The topological polar surface area (TPSA) is 30.7 Å². The van der Waals surface area contributed by atoms with Gasteiger partial charge in [-0.2, -0.15) is 0 Å². The van der Waals surface area contributed by atoms with E-state index in [1.165, 1.54) is 5.56 Å². The molecule has 1 heterocycles. The summed E-state index contributed by atoms with van der Waals surface area (Å²) in [6, 6.07) is 27.1. The van der Waals surface area contributed by atoms with Crippen molar-refractivity contribution in [3.63, 3.8) is 0 Å². The Balaban J connectivity index is 0.00000231. The monoisotopic (exact) mass is 433 g/mol. The Hall–Kier alpha value is -2.62. The van der Waals surface area contributed by atoms with Crippen molar-refractivity contribution in [1.29, 1.82) is 0 Å². The van der Waals surface area contributed by atoms with Gasteiger partial charge in [-0.05, 0) is 27.8 Å². The molecule has 3 aromatic rings. The molecule has 0 unspecified atom stereocenters. The van der Waals surface area contributed by atoms with Crippen LogP contribution in [0.3, 0.4) is 0 Å². The zero-order valence-electron chi connectivity index (χ0n) is 17.6. The number of nitrogens with one attached hydrogen (secondary N) is 1. The largest absolute Gasteiger partial charge is 1.00 e. The maximum Gasteiger partial charge on any atom is 0.318 e. The van der Waals surface area contributed by atoms with Crippen molar-refractivity contribution in [2.45, 2.75) is 31.3 Å². The molecule has 1 aliphatic carbocycles. The fraction of sp³-hybridized carbons (Fsp3) is 0.296. The molecule has 0 aromatic heterocycles. The van der Waals surface area contributed by atoms with Crippen LogP contribution in [0.5, 0.6) is 0 Å². The predicted octanol–water partition coefficient (Wildman–Crippen LogP) is 0.636. The third kappa shape index (κ3) is 4.53. The number of carbonyl (C=O) groups excluding carboxylic acids is 1. The Morgan fingerprint density at radius 3 is 1.97 bits per heavy atom. The van der Waals surface area contributed by atoms with Crippen LogP contribution >= 0.6 is 0 Å². The molecule has 3 nitrogen and oxygen atoms in total. The fourth-order valence-corrected chi connectivity index (χ4v) is 4.98. The summed E-state index contributed by atoms with van der Waals surface area (Å²) in [6.07, 6.45) is 3.05. The Morgan fingerprint density at radius 2 is 1.35 bits per heavy atom. The van der Waals surface area contributed by atoms with E-state index < -0.39 is 0 Å². The van der Waals surface area contributed by atoms with E-state index in [0.717, 1.165) is 61.2 Å². The van der Waals surface area contributed by atoms with E-state index in [1.807, 2.05) is 24.3 Å². The Kier molecular flexibility index (Phi) is 6.74. The van der Waals surface area contributed by atoms with Gasteiger partial charge in [0.25, 0.3) is 0 Å². The number of quaternary nitrogens is 1. The van der Waals surface area contributed by atoms with Crippen LogP contribution in [0.1, 0.15) is 35.4 Å². The fourth-order valence-electron chi connectivity index (χ4n) is 4.98. The molecule has 0 atom stereocenters. The lowest BCUT2D eigenvalue weighted by atomic mass is 9.97. The molecule has 0 bridgehead atoms. The molecule has 0 spiro atoms. The molecule has 4 heteroatoms. The number of hydrogen-bond donors (Lipinski definition) is 1. The molecular weight excluding hydrogens is 406 g/mol. The first-order valence-corrected chi connectivity index (χ1v) is 11.1. The molecular formula is C27H28ClNO2. The third-order valence-electron chi connectivity index (χ3n) is 6.60. The minimum Gasteiger partial charge on any atom is -1.00 e. The van der Waals surface area contributed by atoms with Gasteiger partial charge in [-0.15, -0.1) is 0 Å². The molecule has 1 saturated heterocycles. The van der Waals surface area contributed by atoms with Gasteiger partial charge in [0.1, 0.15) is 12.0 Å². The van der Waals surface area contributed by atoms with Gasteiger partial charge in [0, 0.05) is 19.3 Å². The SMILES string of the molecule is O=C(OC1CC[NH+](CCc2ccccc2)CC1)C1c2ccccc2-c2ccccc21.[Cl-]. The summed E-state index contributed by atoms with van der Waals surface area (Å²) < 4.78 is 6.05. The van der Waals surface area contributed by atoms with Gasteiger partial charge >= 0.3 is 5.97 Å². The van der Waals surface area contributed by atoms with E-state index in [1.54, 1.807) is 4.90 Å². The number of hydrogen-bond acceptors (Lipinski definition) is 2. The Morgan fingerprint density at radius 1 is 0.806 bits per heavy atom. The zero-order valence-corrected chi connectivity index (χ0v) is 18.4. The highest BCUT2D eigenvalue weighted by atomic mass is 35.5. The van der Waals surface area contributed by atoms with Crippen LogP contribution in [0, 0.1) is 0 Å². The van der Waals surface area contributed by atoms with Crippen molar-refractivity contribution in [3.8, 4) is 11.1 Å². The molecule has 5 rings (SSSR count). The first-order chi connectivity index (χ1) is 14.8. The number of halogens is 1. The van der Waals surface area contributed by atoms with E-state index >= 15 is 0 Å². The normalized spacial score (nSPS) is 19.7. The van der Waals surface area contributed by atoms with Crippen LogP contribution < -0.4 is 17.3 Å². The number of rotatable bonds is 5. The number of likely N-dealkylation sites (tertiary alicyclic amines) is 1. The van der Waals surface area contributed by atoms with E-state index in [2.05, 4.69) is 54.6 Å². The number of fused-ring (bicyclic) bond motifs is 3. The van der Waals surface area contributed by atoms with Crippen molar-refractivity contribution >= 4 is 5.97 Å². The van der Waals surface area contributed by atoms with Crippen LogP contribution in [0.4, 0.5) is 0 Å². The summed E-state index contributed by atoms with van der Waals surface area (Å²) in [5.41, 5.74) is 5.88. The molecule has 1 aliphatic heterocycles. The first-order valence-electron chi connectivity index (χ1n) is 11.1. The van der Waals surface area contributed by atoms with Crippen LogP contribution in [-0.2, 0) is 16.0 Å². The molecule has 1 fully saturated rings. The molecule has 2 aliphatic rings. The van der Waals surface area contributed by atoms with Crippen molar-refractivity contribution in [2.24, 2.45) is 0 Å². The van der Waals surface area contributed by atoms with E-state index in [9.17, 15) is 4.79 Å². The molecule has 3 aromatic carbocycles. The predicted molar refractivity (Wildman–Crippen MR) is 119 cm³/mol. The number of benzene rings is 3. The summed E-state index contributed by atoms with van der Waals surface area (Å²) in [6.45, 7) is 3.29. The standard InChI is InChI=1S/C27H27NO2.ClH/c29-27(26-24-12-6-4-10-22(24)23-11-5-7-13-25(23)26)30-21-15-18-28(19-16-21)17-14-20-8-2-1-3-9-20;/h1-13,21,26H,14-19H2;1H. The summed E-state index contributed by atoms with van der Waals surface area (Å²) in [5.74, 6) is -0.383. The highest BCUT2D eigenvalue weighted by molar-refractivity contribution is 5.93. The number of carbonyl (C=O) groups is 1. The van der Waals surface area contributed by atoms with Gasteiger partial charge in [-0.25, -0.2) is 0 Å². The van der Waals surface area contributed by atoms with Gasteiger partial charge < -0.3 is 22.0 Å². The van der Waals surface area contributed by atoms with Gasteiger partial charge in [0.15, 0.2) is 0 Å². The van der Waals surface area contributed by atoms with Gasteiger partial charge in [0.05, 0.1) is 19.6 Å². The van der Waals surface area contributed by atoms with Gasteiger partial charge in [-0.3, -0.25) is 4.79 Å². The molecule has 1 N–H and O–H groups in total. The lowest BCUT2D eigenvalue weighted by molar-refractivity contribution is -0.905. The smallest absolute Gasteiger partial charge is 0.318 e. The summed E-state index contributed by atoms with van der Waals surface area (Å²) in [7, 11) is 0. The molecule has 31 heavy (non-hydrogen) atoms. The molecule has 0 amide bonds. The average Bonchev–Trinajstić information content (AvgIpc) is 3.14. The lowest BCUT2D eigenvalue weighted by Gasteiger charge is -2.30. The second-order valence-electron chi connectivity index (χ2n) is 8.48. The number of esters is 1. The zero-order chi connectivity index (χ0) is 20.3. The van der Waals surface area contributed by atoms with Crippen LogP contribution in [0.15, 0.2) is 78.9 Å². The third-order valence-corrected chi connectivity index (χ3v) is 6.60. The maximum atomic E-state index is 13.2. The maximum absolute atomic E-state index is 13.2. The minimum absolute atomic E-state index is 0. The number of piperidine rings is 1. The number of ether oxygens (including phenoxy) is 1. The lowest BCUT2D eigenvalue weighted by Crippen LogP contribution is -3.13. The van der Waals surface area contributed by atoms with Crippen molar-refractivity contribution in [3.05, 3.63) is 95.6 Å². The van der Waals surface area contributed by atoms with Crippen LogP contribution in [0.2, 0.25) is 0 Å². The van der Waals surface area contributed by atoms with Crippen molar-refractivity contribution in [2.75, 3.05) is 19.6 Å². The van der Waals surface area contributed by atoms with E-state index in [-0.39, 0.29) is 30.4 Å². The Labute approximate surface area is 190 Å². The second-order valence-corrected chi connectivity index (χ2v) is 8.48. The average molecular weight is 434 g/mol. The van der Waals surface area contributed by atoms with E-state index in [4.69, 9.17) is 4.74 Å². The Bertz CT molecular complexity index is 983. The van der Waals surface area contributed by atoms with Crippen LogP contribution in [-0.4, -0.2) is 31.7 Å². The first kappa shape index (κ1) is 21.6. The highest BCUT2D eigenvalue weighted by Gasteiger charge is 2.36. The molecule has 160 valence electrons. The highest BCUT2D eigenvalue weighted by Crippen LogP contribution is 2.45. The second kappa shape index (κ2) is 9.67. The van der Waals surface area contributed by atoms with E-state index in [0.29, 0.717) is 0 Å². The van der Waals surface area contributed by atoms with Gasteiger partial charge in [-0.1, -0.05) is 78.9 Å². The van der Waals surface area contributed by atoms with Crippen LogP contribution in [0.25, 0.3) is 11.1 Å². The molecule has 0 saturated carbocycles.